The van der Waals surface area contributed by atoms with E-state index in [4.69, 9.17) is 14.4 Å². The van der Waals surface area contributed by atoms with E-state index in [0.717, 1.165) is 0 Å². The molecule has 0 radical (unpaired) electrons. The molecule has 1 N–H and O–H groups in total. The van der Waals surface area contributed by atoms with Gasteiger partial charge in [0.2, 0.25) is 5.76 Å². The van der Waals surface area contributed by atoms with Crippen LogP contribution in [0.3, 0.4) is 0 Å². The molecular formula is C15H14N2O3. The fourth-order valence-electron chi connectivity index (χ4n) is 2.01. The Kier molecular flexibility index (Phi) is 3.30. The fraction of sp³-hybridized carbons (Fsp3) is 0.333. The molecule has 1 aromatic heterocycles. The van der Waals surface area contributed by atoms with Crippen molar-refractivity contribution in [2.24, 2.45) is 5.92 Å². The fourth-order valence-corrected chi connectivity index (χ4v) is 2.01. The van der Waals surface area contributed by atoms with Crippen LogP contribution in [0.1, 0.15) is 18.6 Å². The summed E-state index contributed by atoms with van der Waals surface area (Å²) >= 11 is 0. The third-order valence-electron chi connectivity index (χ3n) is 3.28. The minimum Gasteiger partial charge on any atom is -0.478 e. The number of nitriles is 1. The lowest BCUT2D eigenvalue weighted by Gasteiger charge is -2.05. The summed E-state index contributed by atoms with van der Waals surface area (Å²) in [5.41, 5.74) is 0.581. The van der Waals surface area contributed by atoms with Crippen LogP contribution < -0.4 is 10.1 Å². The van der Waals surface area contributed by atoms with Gasteiger partial charge in [0.25, 0.3) is 5.91 Å². The number of hydrogen-bond acceptors (Lipinski definition) is 4. The maximum atomic E-state index is 11.7. The number of furan rings is 1. The molecule has 20 heavy (non-hydrogen) atoms. The number of carbonyl (C=O) groups is 1. The van der Waals surface area contributed by atoms with Gasteiger partial charge < -0.3 is 14.5 Å². The summed E-state index contributed by atoms with van der Waals surface area (Å²) in [6.45, 7) is 0.602. The van der Waals surface area contributed by atoms with Crippen LogP contribution in [-0.2, 0) is 4.79 Å². The van der Waals surface area contributed by atoms with E-state index in [0.29, 0.717) is 29.2 Å². The lowest BCUT2D eigenvalue weighted by molar-refractivity contribution is -0.123. The van der Waals surface area contributed by atoms with Crippen molar-refractivity contribution in [1.29, 1.82) is 5.26 Å². The number of para-hydroxylation sites is 1. The van der Waals surface area contributed by atoms with Crippen molar-refractivity contribution in [2.45, 2.75) is 12.8 Å². The smallest absolute Gasteiger partial charge is 0.257 e. The molecule has 3 rings (SSSR count). The highest BCUT2D eigenvalue weighted by Gasteiger charge is 2.22. The molecule has 1 aliphatic carbocycles. The van der Waals surface area contributed by atoms with E-state index in [1.807, 2.05) is 18.2 Å². The van der Waals surface area contributed by atoms with Gasteiger partial charge in [0.05, 0.1) is 5.39 Å². The largest absolute Gasteiger partial charge is 0.478 e. The Bertz CT molecular complexity index is 680. The van der Waals surface area contributed by atoms with Gasteiger partial charge in [0, 0.05) is 6.54 Å². The molecule has 0 unspecified atom stereocenters. The number of nitrogens with one attached hydrogen (secondary N) is 1. The molecule has 5 nitrogen and oxygen atoms in total. The second-order valence-electron chi connectivity index (χ2n) is 4.90. The molecule has 102 valence electrons. The number of ether oxygens (including phenoxy) is 1. The molecular weight excluding hydrogens is 256 g/mol. The van der Waals surface area contributed by atoms with E-state index in [9.17, 15) is 4.79 Å². The Morgan fingerprint density at radius 2 is 2.25 bits per heavy atom. The third kappa shape index (κ3) is 2.59. The average molecular weight is 270 g/mol. The predicted octanol–water partition coefficient (Wildman–Crippen LogP) is 2.21. The van der Waals surface area contributed by atoms with Crippen molar-refractivity contribution in [3.05, 3.63) is 30.0 Å². The molecule has 1 aromatic carbocycles. The molecule has 0 spiro atoms. The van der Waals surface area contributed by atoms with Gasteiger partial charge in [0.1, 0.15) is 11.7 Å². The lowest BCUT2D eigenvalue weighted by Crippen LogP contribution is -2.30. The van der Waals surface area contributed by atoms with Crippen molar-refractivity contribution in [3.63, 3.8) is 0 Å². The number of nitrogens with zero attached hydrogens (tertiary/aromatic N) is 1. The van der Waals surface area contributed by atoms with Gasteiger partial charge in [-0.2, -0.15) is 5.26 Å². The number of amides is 1. The lowest BCUT2D eigenvalue weighted by atomic mass is 10.2. The van der Waals surface area contributed by atoms with Gasteiger partial charge in [-0.1, -0.05) is 12.1 Å². The van der Waals surface area contributed by atoms with Gasteiger partial charge >= 0.3 is 0 Å². The van der Waals surface area contributed by atoms with Crippen molar-refractivity contribution in [3.8, 4) is 11.8 Å². The van der Waals surface area contributed by atoms with Crippen LogP contribution in [-0.4, -0.2) is 19.1 Å². The Morgan fingerprint density at radius 1 is 1.45 bits per heavy atom. The van der Waals surface area contributed by atoms with Crippen LogP contribution in [0.2, 0.25) is 0 Å². The molecule has 0 aliphatic heterocycles. The SMILES string of the molecule is N#Cc1oc2ccccc2c1OCC(=O)NCC1CC1. The first-order valence-electron chi connectivity index (χ1n) is 6.59. The highest BCUT2D eigenvalue weighted by atomic mass is 16.5. The second kappa shape index (κ2) is 5.25. The topological polar surface area (TPSA) is 75.3 Å². The first-order chi connectivity index (χ1) is 9.78. The summed E-state index contributed by atoms with van der Waals surface area (Å²) in [4.78, 5) is 11.7. The summed E-state index contributed by atoms with van der Waals surface area (Å²) < 4.78 is 10.8. The molecule has 0 saturated heterocycles. The first kappa shape index (κ1) is 12.5. The van der Waals surface area contributed by atoms with E-state index in [1.165, 1.54) is 12.8 Å². The van der Waals surface area contributed by atoms with Crippen LogP contribution in [0.25, 0.3) is 11.0 Å². The molecule has 1 fully saturated rings. The summed E-state index contributed by atoms with van der Waals surface area (Å²) in [7, 11) is 0. The molecule has 0 bridgehead atoms. The molecule has 1 heterocycles. The molecule has 1 aliphatic rings. The number of benzene rings is 1. The van der Waals surface area contributed by atoms with Crippen molar-refractivity contribution < 1.29 is 13.9 Å². The normalized spacial score (nSPS) is 13.9. The van der Waals surface area contributed by atoms with E-state index >= 15 is 0 Å². The minimum absolute atomic E-state index is 0.0983. The quantitative estimate of drug-likeness (QED) is 0.903. The van der Waals surface area contributed by atoms with E-state index in [-0.39, 0.29) is 18.3 Å². The maximum Gasteiger partial charge on any atom is 0.257 e. The molecule has 1 amide bonds. The summed E-state index contributed by atoms with van der Waals surface area (Å²) in [6, 6.07) is 9.16. The Morgan fingerprint density at radius 3 is 3.00 bits per heavy atom. The van der Waals surface area contributed by atoms with Crippen molar-refractivity contribution in [1.82, 2.24) is 5.32 Å². The monoisotopic (exact) mass is 270 g/mol. The van der Waals surface area contributed by atoms with Crippen LogP contribution >= 0.6 is 0 Å². The highest BCUT2D eigenvalue weighted by molar-refractivity contribution is 5.87. The Balaban J connectivity index is 1.69. The number of rotatable bonds is 5. The van der Waals surface area contributed by atoms with Gasteiger partial charge in [-0.25, -0.2) is 0 Å². The zero-order valence-electron chi connectivity index (χ0n) is 10.9. The van der Waals surface area contributed by atoms with Gasteiger partial charge in [-0.3, -0.25) is 4.79 Å². The summed E-state index contributed by atoms with van der Waals surface area (Å²) in [6.07, 6.45) is 2.37. The van der Waals surface area contributed by atoms with Crippen molar-refractivity contribution in [2.75, 3.05) is 13.2 Å². The Hall–Kier alpha value is -2.48. The van der Waals surface area contributed by atoms with E-state index in [2.05, 4.69) is 5.32 Å². The van der Waals surface area contributed by atoms with Gasteiger partial charge in [0.15, 0.2) is 12.4 Å². The number of fused-ring (bicyclic) bond motifs is 1. The molecule has 2 aromatic rings. The molecule has 5 heteroatoms. The summed E-state index contributed by atoms with van der Waals surface area (Å²) in [5, 5.41) is 12.6. The van der Waals surface area contributed by atoms with E-state index < -0.39 is 0 Å². The minimum atomic E-state index is -0.175. The van der Waals surface area contributed by atoms with Crippen molar-refractivity contribution >= 4 is 16.9 Å². The predicted molar refractivity (Wildman–Crippen MR) is 72.2 cm³/mol. The maximum absolute atomic E-state index is 11.7. The zero-order valence-corrected chi connectivity index (χ0v) is 10.9. The molecule has 1 saturated carbocycles. The number of carbonyl (C=O) groups excluding carboxylic acids is 1. The van der Waals surface area contributed by atoms with Crippen LogP contribution in [0.5, 0.6) is 5.75 Å². The molecule has 0 atom stereocenters. The third-order valence-corrected chi connectivity index (χ3v) is 3.28. The van der Waals surface area contributed by atoms with Gasteiger partial charge in [-0.15, -0.1) is 0 Å². The van der Waals surface area contributed by atoms with Crippen LogP contribution in [0, 0.1) is 17.2 Å². The summed E-state index contributed by atoms with van der Waals surface area (Å²) in [5.74, 6) is 0.889. The first-order valence-corrected chi connectivity index (χ1v) is 6.59. The highest BCUT2D eigenvalue weighted by Crippen LogP contribution is 2.32. The van der Waals surface area contributed by atoms with Crippen LogP contribution in [0.4, 0.5) is 0 Å². The van der Waals surface area contributed by atoms with Gasteiger partial charge in [-0.05, 0) is 30.9 Å². The average Bonchev–Trinajstić information content (AvgIpc) is 3.23. The number of hydrogen-bond donors (Lipinski definition) is 1. The van der Waals surface area contributed by atoms with E-state index in [1.54, 1.807) is 12.1 Å². The standard InChI is InChI=1S/C15H14N2O3/c16-7-13-15(11-3-1-2-4-12(11)20-13)19-9-14(18)17-8-10-5-6-10/h1-4,10H,5-6,8-9H2,(H,17,18). The Labute approximate surface area is 116 Å². The van der Waals surface area contributed by atoms with Crippen LogP contribution in [0.15, 0.2) is 28.7 Å². The second-order valence-corrected chi connectivity index (χ2v) is 4.90. The zero-order chi connectivity index (χ0) is 13.9.